The SMILES string of the molecule is NS(=O)(=O)c1ccc(-c2c(-c3cccc(C(F)(F)F)c3)noc2C(F)(F)F)cc1F. The minimum absolute atomic E-state index is 0.380. The lowest BCUT2D eigenvalue weighted by Crippen LogP contribution is -2.14. The fourth-order valence-corrected chi connectivity index (χ4v) is 3.27. The van der Waals surface area contributed by atoms with E-state index in [0.29, 0.717) is 24.3 Å². The minimum atomic E-state index is -5.13. The van der Waals surface area contributed by atoms with Crippen molar-refractivity contribution in [3.8, 4) is 22.4 Å². The molecule has 5 nitrogen and oxygen atoms in total. The molecule has 0 saturated carbocycles. The summed E-state index contributed by atoms with van der Waals surface area (Å²) in [4.78, 5) is -0.975. The highest BCUT2D eigenvalue weighted by Crippen LogP contribution is 2.43. The third-order valence-corrected chi connectivity index (χ3v) is 4.88. The predicted octanol–water partition coefficient (Wildman–Crippen LogP) is 4.83. The first-order valence-corrected chi connectivity index (χ1v) is 9.31. The highest BCUT2D eigenvalue weighted by molar-refractivity contribution is 7.89. The van der Waals surface area contributed by atoms with Crippen LogP contribution in [0.3, 0.4) is 0 Å². The average molecular weight is 454 g/mol. The predicted molar refractivity (Wildman–Crippen MR) is 88.7 cm³/mol. The van der Waals surface area contributed by atoms with E-state index in [1.54, 1.807) is 0 Å². The zero-order valence-electron chi connectivity index (χ0n) is 14.3. The van der Waals surface area contributed by atoms with Gasteiger partial charge < -0.3 is 4.52 Å². The van der Waals surface area contributed by atoms with Gasteiger partial charge in [-0.25, -0.2) is 17.9 Å². The largest absolute Gasteiger partial charge is 0.453 e. The zero-order valence-corrected chi connectivity index (χ0v) is 15.2. The maximum atomic E-state index is 14.2. The fourth-order valence-electron chi connectivity index (χ4n) is 2.68. The molecule has 0 aliphatic heterocycles. The number of rotatable bonds is 3. The van der Waals surface area contributed by atoms with Crippen LogP contribution in [0.2, 0.25) is 0 Å². The molecular weight excluding hydrogens is 445 g/mol. The first-order valence-electron chi connectivity index (χ1n) is 7.77. The van der Waals surface area contributed by atoms with Gasteiger partial charge in [0.15, 0.2) is 0 Å². The molecule has 0 saturated heterocycles. The number of primary sulfonamides is 1. The summed E-state index contributed by atoms with van der Waals surface area (Å²) in [6.07, 6.45) is -9.91. The molecule has 30 heavy (non-hydrogen) atoms. The summed E-state index contributed by atoms with van der Waals surface area (Å²) < 4.78 is 120. The first-order chi connectivity index (χ1) is 13.7. The number of nitrogens with two attached hydrogens (primary N) is 1. The van der Waals surface area contributed by atoms with Gasteiger partial charge in [0.2, 0.25) is 15.8 Å². The van der Waals surface area contributed by atoms with Crippen molar-refractivity contribution < 1.29 is 43.7 Å². The second kappa shape index (κ2) is 7.09. The van der Waals surface area contributed by atoms with Gasteiger partial charge in [-0.3, -0.25) is 0 Å². The zero-order chi connectivity index (χ0) is 22.5. The number of hydrogen-bond donors (Lipinski definition) is 1. The minimum Gasteiger partial charge on any atom is -0.350 e. The van der Waals surface area contributed by atoms with Crippen LogP contribution in [0.4, 0.5) is 30.7 Å². The smallest absolute Gasteiger partial charge is 0.350 e. The fraction of sp³-hybridized carbons (Fsp3) is 0.118. The van der Waals surface area contributed by atoms with E-state index in [0.717, 1.165) is 18.2 Å². The average Bonchev–Trinajstić information content (AvgIpc) is 3.05. The van der Waals surface area contributed by atoms with E-state index in [4.69, 9.17) is 5.14 Å². The van der Waals surface area contributed by atoms with Gasteiger partial charge in [0.05, 0.1) is 11.1 Å². The van der Waals surface area contributed by atoms with E-state index in [1.165, 1.54) is 0 Å². The van der Waals surface area contributed by atoms with Crippen LogP contribution >= 0.6 is 0 Å². The van der Waals surface area contributed by atoms with Gasteiger partial charge in [-0.05, 0) is 29.8 Å². The summed E-state index contributed by atoms with van der Waals surface area (Å²) in [5.41, 5.74) is -3.56. The summed E-state index contributed by atoms with van der Waals surface area (Å²) in [6, 6.07) is 5.15. The van der Waals surface area contributed by atoms with Gasteiger partial charge in [-0.1, -0.05) is 23.4 Å². The van der Waals surface area contributed by atoms with Gasteiger partial charge >= 0.3 is 12.4 Å². The third kappa shape index (κ3) is 4.16. The number of benzene rings is 2. The van der Waals surface area contributed by atoms with Crippen LogP contribution < -0.4 is 5.14 Å². The number of alkyl halides is 6. The highest BCUT2D eigenvalue weighted by atomic mass is 32.2. The monoisotopic (exact) mass is 454 g/mol. The van der Waals surface area contributed by atoms with Crippen LogP contribution in [0.5, 0.6) is 0 Å². The molecule has 2 aromatic carbocycles. The number of nitrogens with zero attached hydrogens (tertiary/aromatic N) is 1. The van der Waals surface area contributed by atoms with E-state index < -0.39 is 61.2 Å². The van der Waals surface area contributed by atoms with Crippen molar-refractivity contribution >= 4 is 10.0 Å². The Balaban J connectivity index is 2.27. The van der Waals surface area contributed by atoms with Crippen molar-refractivity contribution in [2.45, 2.75) is 17.2 Å². The molecule has 0 fully saturated rings. The number of sulfonamides is 1. The van der Waals surface area contributed by atoms with Crippen LogP contribution in [0.15, 0.2) is 51.9 Å². The maximum Gasteiger partial charge on any atom is 0.453 e. The van der Waals surface area contributed by atoms with Crippen LogP contribution in [-0.4, -0.2) is 13.6 Å². The Labute approximate surface area is 164 Å². The van der Waals surface area contributed by atoms with Crippen LogP contribution in [0.25, 0.3) is 22.4 Å². The Morgan fingerprint density at radius 3 is 2.10 bits per heavy atom. The molecule has 0 bridgehead atoms. The summed E-state index contributed by atoms with van der Waals surface area (Å²) >= 11 is 0. The Morgan fingerprint density at radius 1 is 0.900 bits per heavy atom. The molecule has 3 aromatic rings. The van der Waals surface area contributed by atoms with Gasteiger partial charge in [0.25, 0.3) is 0 Å². The molecule has 0 atom stereocenters. The molecule has 13 heteroatoms. The van der Waals surface area contributed by atoms with Crippen LogP contribution in [-0.2, 0) is 22.4 Å². The van der Waals surface area contributed by atoms with Crippen LogP contribution in [0, 0.1) is 5.82 Å². The van der Waals surface area contributed by atoms with E-state index >= 15 is 0 Å². The lowest BCUT2D eigenvalue weighted by molar-refractivity contribution is -0.155. The van der Waals surface area contributed by atoms with Crippen molar-refractivity contribution in [1.29, 1.82) is 0 Å². The molecule has 0 unspecified atom stereocenters. The summed E-state index contributed by atoms with van der Waals surface area (Å²) in [5.74, 6) is -3.16. The maximum absolute atomic E-state index is 14.2. The Morgan fingerprint density at radius 2 is 1.57 bits per heavy atom. The normalized spacial score (nSPS) is 12.9. The second-order valence-corrected chi connectivity index (χ2v) is 7.53. The Kier molecular flexibility index (Phi) is 5.15. The standard InChI is InChI=1S/C17H9F7N2O3S/c18-11-7-8(4-5-12(11)30(25,27)28)13-14(26-29-15(13)17(22,23)24)9-2-1-3-10(6-9)16(19,20)21/h1-7H,(H2,25,27,28). The van der Waals surface area contributed by atoms with Crippen molar-refractivity contribution in [1.82, 2.24) is 5.16 Å². The first kappa shape index (κ1) is 21.8. The second-order valence-electron chi connectivity index (χ2n) is 6.00. The molecule has 0 spiro atoms. The van der Waals surface area contributed by atoms with Gasteiger partial charge in [0.1, 0.15) is 16.4 Å². The Bertz CT molecular complexity index is 1210. The summed E-state index contributed by atoms with van der Waals surface area (Å²) in [5, 5.41) is 8.04. The van der Waals surface area contributed by atoms with Crippen molar-refractivity contribution in [3.63, 3.8) is 0 Å². The van der Waals surface area contributed by atoms with Crippen molar-refractivity contribution in [2.24, 2.45) is 5.14 Å². The number of hydrogen-bond acceptors (Lipinski definition) is 4. The Hall–Kier alpha value is -2.93. The molecule has 0 amide bonds. The molecule has 3 rings (SSSR count). The third-order valence-electron chi connectivity index (χ3n) is 3.94. The van der Waals surface area contributed by atoms with E-state index in [-0.39, 0.29) is 5.56 Å². The van der Waals surface area contributed by atoms with Gasteiger partial charge in [-0.2, -0.15) is 26.3 Å². The highest BCUT2D eigenvalue weighted by Gasteiger charge is 2.41. The lowest BCUT2D eigenvalue weighted by Gasteiger charge is -2.10. The van der Waals surface area contributed by atoms with Gasteiger partial charge in [0, 0.05) is 5.56 Å². The summed E-state index contributed by atoms with van der Waals surface area (Å²) in [6.45, 7) is 0. The molecule has 1 heterocycles. The lowest BCUT2D eigenvalue weighted by atomic mass is 9.97. The van der Waals surface area contributed by atoms with E-state index in [2.05, 4.69) is 9.68 Å². The van der Waals surface area contributed by atoms with Gasteiger partial charge in [-0.15, -0.1) is 0 Å². The molecule has 2 N–H and O–H groups in total. The number of aromatic nitrogens is 1. The molecule has 0 radical (unpaired) electrons. The molecule has 1 aromatic heterocycles. The molecule has 0 aliphatic rings. The van der Waals surface area contributed by atoms with Crippen LogP contribution in [0.1, 0.15) is 11.3 Å². The molecular formula is C17H9F7N2O3S. The number of halogens is 7. The summed E-state index contributed by atoms with van der Waals surface area (Å²) in [7, 11) is -4.50. The van der Waals surface area contributed by atoms with E-state index in [1.807, 2.05) is 0 Å². The molecule has 0 aliphatic carbocycles. The van der Waals surface area contributed by atoms with E-state index in [9.17, 15) is 39.2 Å². The van der Waals surface area contributed by atoms with Crippen molar-refractivity contribution in [3.05, 3.63) is 59.6 Å². The topological polar surface area (TPSA) is 86.2 Å². The quantitative estimate of drug-likeness (QED) is 0.575. The molecule has 160 valence electrons. The van der Waals surface area contributed by atoms with Crippen molar-refractivity contribution in [2.75, 3.05) is 0 Å².